The lowest BCUT2D eigenvalue weighted by molar-refractivity contribution is -0.114. The fourth-order valence-corrected chi connectivity index (χ4v) is 2.60. The summed E-state index contributed by atoms with van der Waals surface area (Å²) in [7, 11) is 0. The molecule has 0 bridgehead atoms. The van der Waals surface area contributed by atoms with Crippen LogP contribution >= 0.6 is 11.6 Å². The zero-order chi connectivity index (χ0) is 20.1. The molecule has 2 amide bonds. The van der Waals surface area contributed by atoms with E-state index in [1.807, 2.05) is 6.92 Å². The van der Waals surface area contributed by atoms with Crippen molar-refractivity contribution in [1.29, 1.82) is 0 Å². The maximum Gasteiger partial charge on any atom is 0.275 e. The lowest BCUT2D eigenvalue weighted by atomic mass is 10.2. The Morgan fingerprint density at radius 2 is 1.64 bits per heavy atom. The molecule has 28 heavy (non-hydrogen) atoms. The fourth-order valence-electron chi connectivity index (χ4n) is 2.43. The molecule has 0 aliphatic rings. The van der Waals surface area contributed by atoms with Gasteiger partial charge in [-0.15, -0.1) is 0 Å². The third-order valence-corrected chi connectivity index (χ3v) is 4.29. The third-order valence-electron chi connectivity index (χ3n) is 3.88. The number of aromatic nitrogens is 2. The van der Waals surface area contributed by atoms with E-state index in [1.54, 1.807) is 42.5 Å². The van der Waals surface area contributed by atoms with Gasteiger partial charge in [-0.25, -0.2) is 9.97 Å². The molecule has 0 saturated heterocycles. The van der Waals surface area contributed by atoms with Gasteiger partial charge in [0.15, 0.2) is 0 Å². The molecule has 0 aliphatic heterocycles. The minimum absolute atomic E-state index is 0.131. The predicted octanol–water partition coefficient (Wildman–Crippen LogP) is 4.39. The van der Waals surface area contributed by atoms with Crippen molar-refractivity contribution < 1.29 is 9.59 Å². The molecule has 0 spiro atoms. The van der Waals surface area contributed by atoms with E-state index in [0.29, 0.717) is 22.2 Å². The van der Waals surface area contributed by atoms with Gasteiger partial charge in [-0.3, -0.25) is 9.59 Å². The molecule has 0 aliphatic carbocycles. The highest BCUT2D eigenvalue weighted by Crippen LogP contribution is 2.23. The number of amides is 2. The molecule has 7 nitrogen and oxygen atoms in total. The van der Waals surface area contributed by atoms with Crippen molar-refractivity contribution in [3.8, 4) is 0 Å². The predicted molar refractivity (Wildman–Crippen MR) is 110 cm³/mol. The van der Waals surface area contributed by atoms with Crippen molar-refractivity contribution in [2.45, 2.75) is 13.8 Å². The quantitative estimate of drug-likeness (QED) is 0.595. The molecule has 1 heterocycles. The number of nitrogens with zero attached hydrogens (tertiary/aromatic N) is 2. The van der Waals surface area contributed by atoms with Gasteiger partial charge < -0.3 is 16.0 Å². The van der Waals surface area contributed by atoms with Gasteiger partial charge in [0.25, 0.3) is 5.91 Å². The Kier molecular flexibility index (Phi) is 5.86. The van der Waals surface area contributed by atoms with Crippen molar-refractivity contribution >= 4 is 46.3 Å². The van der Waals surface area contributed by atoms with Crippen molar-refractivity contribution in [2.75, 3.05) is 16.0 Å². The van der Waals surface area contributed by atoms with Gasteiger partial charge in [0, 0.05) is 29.0 Å². The van der Waals surface area contributed by atoms with Crippen LogP contribution in [-0.2, 0) is 4.79 Å². The van der Waals surface area contributed by atoms with Gasteiger partial charge in [-0.05, 0) is 48.9 Å². The summed E-state index contributed by atoms with van der Waals surface area (Å²) in [5.41, 5.74) is 3.07. The van der Waals surface area contributed by atoms with Gasteiger partial charge in [0.2, 0.25) is 5.91 Å². The zero-order valence-electron chi connectivity index (χ0n) is 15.3. The summed E-state index contributed by atoms with van der Waals surface area (Å²) in [5.74, 6) is -0.0137. The molecule has 142 valence electrons. The third kappa shape index (κ3) is 4.83. The van der Waals surface area contributed by atoms with E-state index in [4.69, 9.17) is 11.6 Å². The van der Waals surface area contributed by atoms with Crippen LogP contribution in [0, 0.1) is 6.92 Å². The van der Waals surface area contributed by atoms with Crippen molar-refractivity contribution in [2.24, 2.45) is 0 Å². The maximum atomic E-state index is 12.4. The minimum atomic E-state index is -0.371. The highest BCUT2D eigenvalue weighted by atomic mass is 35.5. The SMILES string of the molecule is CC(=O)Nc1ccc(Nc2cnc(C(=O)Nc3cccc(Cl)c3C)cn2)cc1. The van der Waals surface area contributed by atoms with Gasteiger partial charge in [0.05, 0.1) is 12.4 Å². The first-order valence-electron chi connectivity index (χ1n) is 8.45. The van der Waals surface area contributed by atoms with Crippen LogP contribution in [0.4, 0.5) is 22.9 Å². The first kappa shape index (κ1) is 19.3. The highest BCUT2D eigenvalue weighted by Gasteiger charge is 2.11. The molecular formula is C20H18ClN5O2. The van der Waals surface area contributed by atoms with Crippen molar-refractivity contribution in [1.82, 2.24) is 9.97 Å². The number of benzene rings is 2. The maximum absolute atomic E-state index is 12.4. The Morgan fingerprint density at radius 1 is 0.929 bits per heavy atom. The van der Waals surface area contributed by atoms with Gasteiger partial charge >= 0.3 is 0 Å². The number of halogens is 1. The first-order valence-corrected chi connectivity index (χ1v) is 8.83. The molecule has 0 unspecified atom stereocenters. The average Bonchev–Trinajstić information content (AvgIpc) is 2.67. The first-order chi connectivity index (χ1) is 13.4. The second-order valence-corrected chi connectivity index (χ2v) is 6.44. The van der Waals surface area contributed by atoms with Crippen LogP contribution in [0.25, 0.3) is 0 Å². The summed E-state index contributed by atoms with van der Waals surface area (Å²) in [5, 5.41) is 9.13. The van der Waals surface area contributed by atoms with Gasteiger partial charge in [0.1, 0.15) is 11.5 Å². The number of hydrogen-bond acceptors (Lipinski definition) is 5. The molecular weight excluding hydrogens is 378 g/mol. The number of hydrogen-bond donors (Lipinski definition) is 3. The topological polar surface area (TPSA) is 96.0 Å². The number of anilines is 4. The van der Waals surface area contributed by atoms with Crippen LogP contribution in [0.15, 0.2) is 54.9 Å². The summed E-state index contributed by atoms with van der Waals surface area (Å²) in [4.78, 5) is 31.8. The van der Waals surface area contributed by atoms with Crippen LogP contribution in [0.3, 0.4) is 0 Å². The fraction of sp³-hybridized carbons (Fsp3) is 0.100. The zero-order valence-corrected chi connectivity index (χ0v) is 16.0. The monoisotopic (exact) mass is 395 g/mol. The molecule has 3 N–H and O–H groups in total. The van der Waals surface area contributed by atoms with E-state index < -0.39 is 0 Å². The molecule has 0 saturated carbocycles. The minimum Gasteiger partial charge on any atom is -0.339 e. The number of carbonyl (C=O) groups is 2. The largest absolute Gasteiger partial charge is 0.339 e. The highest BCUT2D eigenvalue weighted by molar-refractivity contribution is 6.31. The Bertz CT molecular complexity index is 1000. The Balaban J connectivity index is 1.65. The molecule has 3 rings (SSSR count). The molecule has 0 radical (unpaired) electrons. The van der Waals surface area contributed by atoms with E-state index in [9.17, 15) is 9.59 Å². The van der Waals surface area contributed by atoms with Crippen molar-refractivity contribution in [3.63, 3.8) is 0 Å². The van der Waals surface area contributed by atoms with Crippen LogP contribution in [0.5, 0.6) is 0 Å². The van der Waals surface area contributed by atoms with Crippen molar-refractivity contribution in [3.05, 3.63) is 71.1 Å². The normalized spacial score (nSPS) is 10.2. The smallest absolute Gasteiger partial charge is 0.275 e. The van der Waals surface area contributed by atoms with Gasteiger partial charge in [-0.2, -0.15) is 0 Å². The number of rotatable bonds is 5. The lowest BCUT2D eigenvalue weighted by Crippen LogP contribution is -2.15. The molecule has 0 atom stereocenters. The Labute approximate surface area is 167 Å². The summed E-state index contributed by atoms with van der Waals surface area (Å²) < 4.78 is 0. The molecule has 0 fully saturated rings. The standard InChI is InChI=1S/C20H18ClN5O2/c1-12-16(21)4-3-5-17(12)26-20(28)18-10-23-19(11-22-18)25-15-8-6-14(7-9-15)24-13(2)27/h3-11H,1-2H3,(H,23,25)(H,24,27)(H,26,28). The summed E-state index contributed by atoms with van der Waals surface area (Å²) in [6, 6.07) is 12.4. The van der Waals surface area contributed by atoms with Gasteiger partial charge in [-0.1, -0.05) is 17.7 Å². The summed E-state index contributed by atoms with van der Waals surface area (Å²) in [6.45, 7) is 3.28. The van der Waals surface area contributed by atoms with E-state index in [1.165, 1.54) is 19.3 Å². The average molecular weight is 396 g/mol. The Hall–Kier alpha value is -3.45. The van der Waals surface area contributed by atoms with E-state index in [2.05, 4.69) is 25.9 Å². The molecule has 1 aromatic heterocycles. The van der Waals surface area contributed by atoms with E-state index in [0.717, 1.165) is 11.3 Å². The lowest BCUT2D eigenvalue weighted by Gasteiger charge is -2.10. The molecule has 8 heteroatoms. The molecule has 3 aromatic rings. The van der Waals surface area contributed by atoms with E-state index in [-0.39, 0.29) is 17.5 Å². The van der Waals surface area contributed by atoms with E-state index >= 15 is 0 Å². The van der Waals surface area contributed by atoms with Crippen LogP contribution in [0.2, 0.25) is 5.02 Å². The number of carbonyl (C=O) groups excluding carboxylic acids is 2. The van der Waals surface area contributed by atoms with Crippen LogP contribution in [-0.4, -0.2) is 21.8 Å². The molecule has 2 aromatic carbocycles. The van der Waals surface area contributed by atoms with Crippen LogP contribution < -0.4 is 16.0 Å². The number of nitrogens with one attached hydrogen (secondary N) is 3. The second kappa shape index (κ2) is 8.49. The van der Waals surface area contributed by atoms with Crippen LogP contribution in [0.1, 0.15) is 23.0 Å². The summed E-state index contributed by atoms with van der Waals surface area (Å²) in [6.07, 6.45) is 2.87. The summed E-state index contributed by atoms with van der Waals surface area (Å²) >= 11 is 6.07. The Morgan fingerprint density at radius 3 is 2.29 bits per heavy atom. The second-order valence-electron chi connectivity index (χ2n) is 6.04.